The molecule has 0 saturated carbocycles. The summed E-state index contributed by atoms with van der Waals surface area (Å²) in [5, 5.41) is 3.54. The number of ether oxygens (including phenoxy) is 1. The average Bonchev–Trinajstić information content (AvgIpc) is 3.19. The van der Waals surface area contributed by atoms with Crippen molar-refractivity contribution in [3.8, 4) is 5.88 Å². The molecule has 0 aromatic carbocycles. The zero-order chi connectivity index (χ0) is 16.1. The largest absolute Gasteiger partial charge is 0.472 e. The van der Waals surface area contributed by atoms with E-state index in [9.17, 15) is 0 Å². The third-order valence-corrected chi connectivity index (χ3v) is 4.62. The Morgan fingerprint density at radius 1 is 1.35 bits per heavy atom. The van der Waals surface area contributed by atoms with Crippen LogP contribution in [0.1, 0.15) is 12.8 Å². The summed E-state index contributed by atoms with van der Waals surface area (Å²) < 4.78 is 5.95. The van der Waals surface area contributed by atoms with Crippen LogP contribution >= 0.6 is 0 Å². The summed E-state index contributed by atoms with van der Waals surface area (Å²) >= 11 is 0. The van der Waals surface area contributed by atoms with Crippen LogP contribution in [-0.4, -0.2) is 73.7 Å². The van der Waals surface area contributed by atoms with Gasteiger partial charge in [-0.25, -0.2) is 4.98 Å². The molecule has 2 atom stereocenters. The molecule has 3 heterocycles. The molecular weight excluding hydrogens is 290 g/mol. The van der Waals surface area contributed by atoms with Crippen LogP contribution in [0, 0.1) is 5.92 Å². The molecule has 2 aliphatic heterocycles. The van der Waals surface area contributed by atoms with Gasteiger partial charge in [0.2, 0.25) is 5.88 Å². The lowest BCUT2D eigenvalue weighted by atomic mass is 10.1. The molecule has 1 aromatic heterocycles. The van der Waals surface area contributed by atoms with Gasteiger partial charge in [-0.3, -0.25) is 4.99 Å². The average molecular weight is 317 g/mol. The molecule has 3 rings (SSSR count). The Bertz CT molecular complexity index is 521. The zero-order valence-corrected chi connectivity index (χ0v) is 14.1. The zero-order valence-electron chi connectivity index (χ0n) is 14.1. The van der Waals surface area contributed by atoms with Gasteiger partial charge in [0.1, 0.15) is 6.10 Å². The third kappa shape index (κ3) is 4.34. The Kier molecular flexibility index (Phi) is 5.33. The fraction of sp³-hybridized carbons (Fsp3) is 0.647. The quantitative estimate of drug-likeness (QED) is 0.665. The number of likely N-dealkylation sites (tertiary alicyclic amines) is 2. The lowest BCUT2D eigenvalue weighted by Gasteiger charge is -2.23. The number of guanidine groups is 1. The summed E-state index contributed by atoms with van der Waals surface area (Å²) in [6, 6.07) is 5.76. The highest BCUT2D eigenvalue weighted by Gasteiger charge is 2.27. The van der Waals surface area contributed by atoms with Crippen molar-refractivity contribution in [3.63, 3.8) is 0 Å². The fourth-order valence-electron chi connectivity index (χ4n) is 3.37. The van der Waals surface area contributed by atoms with Gasteiger partial charge in [-0.05, 0) is 32.0 Å². The highest BCUT2D eigenvalue weighted by Crippen LogP contribution is 2.17. The second kappa shape index (κ2) is 7.64. The van der Waals surface area contributed by atoms with Crippen LogP contribution < -0.4 is 10.1 Å². The monoisotopic (exact) mass is 317 g/mol. The van der Waals surface area contributed by atoms with Gasteiger partial charge >= 0.3 is 0 Å². The van der Waals surface area contributed by atoms with E-state index in [0.29, 0.717) is 5.88 Å². The molecule has 2 aliphatic rings. The second-order valence-corrected chi connectivity index (χ2v) is 6.49. The van der Waals surface area contributed by atoms with E-state index in [1.807, 2.05) is 25.2 Å². The van der Waals surface area contributed by atoms with Gasteiger partial charge in [0.15, 0.2) is 5.96 Å². The maximum atomic E-state index is 5.95. The first kappa shape index (κ1) is 16.1. The van der Waals surface area contributed by atoms with Crippen LogP contribution in [0.5, 0.6) is 5.88 Å². The molecule has 2 saturated heterocycles. The molecule has 6 heteroatoms. The van der Waals surface area contributed by atoms with Crippen LogP contribution in [-0.2, 0) is 0 Å². The lowest BCUT2D eigenvalue weighted by Crippen LogP contribution is -2.43. The number of pyridine rings is 1. The minimum atomic E-state index is 0.182. The first-order chi connectivity index (χ1) is 11.2. The Labute approximate surface area is 138 Å². The normalized spacial score (nSPS) is 25.8. The number of aromatic nitrogens is 1. The number of rotatable bonds is 4. The van der Waals surface area contributed by atoms with Crippen LogP contribution in [0.4, 0.5) is 0 Å². The molecule has 6 nitrogen and oxygen atoms in total. The summed E-state index contributed by atoms with van der Waals surface area (Å²) in [5.41, 5.74) is 0. The van der Waals surface area contributed by atoms with Crippen LogP contribution in [0.15, 0.2) is 29.4 Å². The van der Waals surface area contributed by atoms with E-state index in [0.717, 1.165) is 37.9 Å². The van der Waals surface area contributed by atoms with E-state index < -0.39 is 0 Å². The van der Waals surface area contributed by atoms with E-state index in [4.69, 9.17) is 4.74 Å². The summed E-state index contributed by atoms with van der Waals surface area (Å²) in [5.74, 6) is 2.42. The minimum Gasteiger partial charge on any atom is -0.472 e. The molecule has 2 fully saturated rings. The standard InChI is InChI=1S/C17H27N5O/c1-18-17(20-11-14-6-9-21(2)12-14)22-10-7-15(13-22)23-16-5-3-4-8-19-16/h3-5,8,14-15H,6-7,9-13H2,1-2H3,(H,18,20). The molecular formula is C17H27N5O. The molecule has 1 aromatic rings. The van der Waals surface area contributed by atoms with Crippen LogP contribution in [0.25, 0.3) is 0 Å². The summed E-state index contributed by atoms with van der Waals surface area (Å²) in [7, 11) is 4.05. The molecule has 0 spiro atoms. The Balaban J connectivity index is 1.46. The molecule has 23 heavy (non-hydrogen) atoms. The number of nitrogens with zero attached hydrogens (tertiary/aromatic N) is 4. The summed E-state index contributed by atoms with van der Waals surface area (Å²) in [4.78, 5) is 13.3. The fourth-order valence-corrected chi connectivity index (χ4v) is 3.37. The molecule has 0 aliphatic carbocycles. The van der Waals surface area contributed by atoms with Crippen molar-refractivity contribution >= 4 is 5.96 Å². The minimum absolute atomic E-state index is 0.182. The molecule has 0 amide bonds. The van der Waals surface area contributed by atoms with Crippen molar-refractivity contribution in [2.75, 3.05) is 46.8 Å². The van der Waals surface area contributed by atoms with Gasteiger partial charge in [-0.15, -0.1) is 0 Å². The van der Waals surface area contributed by atoms with Gasteiger partial charge in [0, 0.05) is 45.4 Å². The Morgan fingerprint density at radius 3 is 2.96 bits per heavy atom. The van der Waals surface area contributed by atoms with Gasteiger partial charge in [-0.2, -0.15) is 0 Å². The lowest BCUT2D eigenvalue weighted by molar-refractivity contribution is 0.205. The predicted molar refractivity (Wildman–Crippen MR) is 91.8 cm³/mol. The van der Waals surface area contributed by atoms with Crippen molar-refractivity contribution in [3.05, 3.63) is 24.4 Å². The number of aliphatic imine (C=N–C) groups is 1. The molecule has 0 bridgehead atoms. The van der Waals surface area contributed by atoms with Crippen molar-refractivity contribution in [2.24, 2.45) is 10.9 Å². The van der Waals surface area contributed by atoms with E-state index in [-0.39, 0.29) is 6.10 Å². The summed E-state index contributed by atoms with van der Waals surface area (Å²) in [6.45, 7) is 5.21. The maximum Gasteiger partial charge on any atom is 0.213 e. The van der Waals surface area contributed by atoms with E-state index in [2.05, 4.69) is 32.1 Å². The maximum absolute atomic E-state index is 5.95. The van der Waals surface area contributed by atoms with Crippen molar-refractivity contribution in [1.29, 1.82) is 0 Å². The van der Waals surface area contributed by atoms with Gasteiger partial charge in [-0.1, -0.05) is 6.07 Å². The van der Waals surface area contributed by atoms with E-state index in [1.165, 1.54) is 19.5 Å². The number of hydrogen-bond acceptors (Lipinski definition) is 4. The molecule has 126 valence electrons. The smallest absolute Gasteiger partial charge is 0.213 e. The van der Waals surface area contributed by atoms with Crippen LogP contribution in [0.3, 0.4) is 0 Å². The van der Waals surface area contributed by atoms with Crippen molar-refractivity contribution in [1.82, 2.24) is 20.1 Å². The van der Waals surface area contributed by atoms with Crippen molar-refractivity contribution < 1.29 is 4.74 Å². The van der Waals surface area contributed by atoms with Gasteiger partial charge in [0.25, 0.3) is 0 Å². The predicted octanol–water partition coefficient (Wildman–Crippen LogP) is 1.06. The Morgan fingerprint density at radius 2 is 2.26 bits per heavy atom. The highest BCUT2D eigenvalue weighted by atomic mass is 16.5. The first-order valence-electron chi connectivity index (χ1n) is 8.46. The number of nitrogens with one attached hydrogen (secondary N) is 1. The second-order valence-electron chi connectivity index (χ2n) is 6.49. The van der Waals surface area contributed by atoms with E-state index >= 15 is 0 Å². The topological polar surface area (TPSA) is 53.0 Å². The van der Waals surface area contributed by atoms with E-state index in [1.54, 1.807) is 6.20 Å². The molecule has 1 N–H and O–H groups in total. The molecule has 2 unspecified atom stereocenters. The van der Waals surface area contributed by atoms with Crippen molar-refractivity contribution in [2.45, 2.75) is 18.9 Å². The van der Waals surface area contributed by atoms with Crippen LogP contribution in [0.2, 0.25) is 0 Å². The third-order valence-electron chi connectivity index (χ3n) is 4.62. The first-order valence-corrected chi connectivity index (χ1v) is 8.46. The Hall–Kier alpha value is -1.82. The highest BCUT2D eigenvalue weighted by molar-refractivity contribution is 5.80. The summed E-state index contributed by atoms with van der Waals surface area (Å²) in [6.07, 6.45) is 4.22. The SMILES string of the molecule is CN=C(NCC1CCN(C)C1)N1CCC(Oc2ccccn2)C1. The molecule has 0 radical (unpaired) electrons. The van der Waals surface area contributed by atoms with Gasteiger partial charge in [0.05, 0.1) is 6.54 Å². The van der Waals surface area contributed by atoms with Gasteiger partial charge < -0.3 is 19.9 Å². The number of hydrogen-bond donors (Lipinski definition) is 1.